The maximum atomic E-state index is 12.2. The number of esters is 1. The van der Waals surface area contributed by atoms with E-state index in [2.05, 4.69) is 6.92 Å². The first-order chi connectivity index (χ1) is 21.1. The second-order valence-electron chi connectivity index (χ2n) is 13.6. The normalized spacial score (nSPS) is 14.0. The van der Waals surface area contributed by atoms with Gasteiger partial charge in [-0.05, 0) is 12.8 Å². The smallest absolute Gasteiger partial charge is 0.457 e. The number of phosphoric acid groups is 1. The van der Waals surface area contributed by atoms with E-state index in [1.807, 2.05) is 28.1 Å². The van der Waals surface area contributed by atoms with Gasteiger partial charge in [0, 0.05) is 13.0 Å². The van der Waals surface area contributed by atoms with Crippen LogP contribution in [0.15, 0.2) is 0 Å². The summed E-state index contributed by atoms with van der Waals surface area (Å²) in [5.74, 6) is -0.363. The Morgan fingerprint density at radius 1 is 0.614 bits per heavy atom. The van der Waals surface area contributed by atoms with Crippen molar-refractivity contribution in [2.75, 3.05) is 54.1 Å². The molecule has 8 nitrogen and oxygen atoms in total. The molecular formula is C35H73NO7P+. The van der Waals surface area contributed by atoms with Crippen LogP contribution >= 0.6 is 7.82 Å². The van der Waals surface area contributed by atoms with Gasteiger partial charge < -0.3 is 18.9 Å². The number of unbranched alkanes of at least 4 members (excludes halogenated alkanes) is 20. The Hall–Kier alpha value is -0.500. The summed E-state index contributed by atoms with van der Waals surface area (Å²) >= 11 is 0. The van der Waals surface area contributed by atoms with Gasteiger partial charge in [-0.1, -0.05) is 142 Å². The minimum Gasteiger partial charge on any atom is -0.457 e. The van der Waals surface area contributed by atoms with Gasteiger partial charge in [0.05, 0.1) is 34.4 Å². The maximum Gasteiger partial charge on any atom is 0.472 e. The standard InChI is InChI=1S/C35H72NO7P/c1-6-8-9-10-11-12-13-14-15-16-17-18-19-20-21-22-23-24-25-26-27-30-40-32-34(43-35(37)28-7-2)33-42-44(38,39)41-31-29-36(3,4)5/h34H,6-33H2,1-5H3/p+1. The Labute approximate surface area is 272 Å². The molecule has 0 spiro atoms. The fourth-order valence-electron chi connectivity index (χ4n) is 5.06. The summed E-state index contributed by atoms with van der Waals surface area (Å²) in [6, 6.07) is 0. The molecule has 2 atom stereocenters. The zero-order valence-electron chi connectivity index (χ0n) is 29.7. The second kappa shape index (κ2) is 29.9. The number of hydrogen-bond acceptors (Lipinski definition) is 6. The molecule has 0 aromatic carbocycles. The van der Waals surface area contributed by atoms with E-state index in [4.69, 9.17) is 18.5 Å². The first-order valence-electron chi connectivity index (χ1n) is 18.3. The average molecular weight is 651 g/mol. The first-order valence-corrected chi connectivity index (χ1v) is 19.8. The van der Waals surface area contributed by atoms with Crippen LogP contribution in [0, 0.1) is 0 Å². The number of likely N-dealkylation sites (N-methyl/N-ethyl adjacent to an activating group) is 1. The second-order valence-corrected chi connectivity index (χ2v) is 15.1. The van der Waals surface area contributed by atoms with Gasteiger partial charge in [0.1, 0.15) is 19.3 Å². The molecule has 0 aromatic rings. The van der Waals surface area contributed by atoms with Crippen molar-refractivity contribution in [3.8, 4) is 0 Å². The predicted octanol–water partition coefficient (Wildman–Crippen LogP) is 9.77. The molecule has 0 saturated carbocycles. The predicted molar refractivity (Wildman–Crippen MR) is 183 cm³/mol. The van der Waals surface area contributed by atoms with Gasteiger partial charge >= 0.3 is 13.8 Å². The Balaban J connectivity index is 3.73. The summed E-state index contributed by atoms with van der Waals surface area (Å²) < 4.78 is 34.1. The van der Waals surface area contributed by atoms with E-state index >= 15 is 0 Å². The molecule has 0 aliphatic heterocycles. The molecule has 0 rings (SSSR count). The third kappa shape index (κ3) is 32.9. The number of carbonyl (C=O) groups excluding carboxylic acids is 1. The highest BCUT2D eigenvalue weighted by Gasteiger charge is 2.26. The lowest BCUT2D eigenvalue weighted by molar-refractivity contribution is -0.870. The minimum absolute atomic E-state index is 0.0908. The van der Waals surface area contributed by atoms with Gasteiger partial charge in [-0.2, -0.15) is 0 Å². The molecule has 0 saturated heterocycles. The molecule has 9 heteroatoms. The van der Waals surface area contributed by atoms with E-state index in [1.165, 1.54) is 122 Å². The summed E-state index contributed by atoms with van der Waals surface area (Å²) in [5.41, 5.74) is 0. The molecule has 0 bridgehead atoms. The van der Waals surface area contributed by atoms with E-state index in [1.54, 1.807) is 0 Å². The van der Waals surface area contributed by atoms with Crippen molar-refractivity contribution in [2.24, 2.45) is 0 Å². The molecule has 44 heavy (non-hydrogen) atoms. The summed E-state index contributed by atoms with van der Waals surface area (Å²) in [6.45, 7) is 5.29. The first kappa shape index (κ1) is 43.5. The van der Waals surface area contributed by atoms with Crippen molar-refractivity contribution in [1.82, 2.24) is 0 Å². The molecule has 264 valence electrons. The van der Waals surface area contributed by atoms with Gasteiger partial charge in [-0.15, -0.1) is 0 Å². The van der Waals surface area contributed by atoms with E-state index in [9.17, 15) is 14.3 Å². The lowest BCUT2D eigenvalue weighted by Gasteiger charge is -2.24. The lowest BCUT2D eigenvalue weighted by Crippen LogP contribution is -2.37. The van der Waals surface area contributed by atoms with Crippen molar-refractivity contribution >= 4 is 13.8 Å². The van der Waals surface area contributed by atoms with Crippen LogP contribution in [0.5, 0.6) is 0 Å². The fourth-order valence-corrected chi connectivity index (χ4v) is 5.80. The number of phosphoric ester groups is 1. The molecule has 1 N–H and O–H groups in total. The molecule has 0 radical (unpaired) electrons. The van der Waals surface area contributed by atoms with E-state index in [-0.39, 0.29) is 32.2 Å². The van der Waals surface area contributed by atoms with Crippen LogP contribution in [-0.2, 0) is 27.9 Å². The zero-order valence-corrected chi connectivity index (χ0v) is 30.6. The molecule has 2 unspecified atom stereocenters. The quantitative estimate of drug-likeness (QED) is 0.0321. The fraction of sp³-hybridized carbons (Fsp3) is 0.971. The molecular weight excluding hydrogens is 577 g/mol. The van der Waals surface area contributed by atoms with Crippen LogP contribution in [0.2, 0.25) is 0 Å². The van der Waals surface area contributed by atoms with Crippen LogP contribution in [-0.4, -0.2) is 75.6 Å². The van der Waals surface area contributed by atoms with Crippen LogP contribution in [0.25, 0.3) is 0 Å². The SMILES string of the molecule is CCCCCCCCCCCCCCCCCCCCCCCOCC(COP(=O)(O)OCC[N+](C)(C)C)OC(=O)CCC. The Morgan fingerprint density at radius 3 is 1.45 bits per heavy atom. The number of carbonyl (C=O) groups is 1. The van der Waals surface area contributed by atoms with E-state index in [0.29, 0.717) is 24.1 Å². The molecule has 0 amide bonds. The lowest BCUT2D eigenvalue weighted by atomic mass is 10.0. The van der Waals surface area contributed by atoms with Gasteiger partial charge in [0.25, 0.3) is 0 Å². The highest BCUT2D eigenvalue weighted by molar-refractivity contribution is 7.47. The van der Waals surface area contributed by atoms with Gasteiger partial charge in [-0.3, -0.25) is 13.8 Å². The molecule has 0 aromatic heterocycles. The molecule has 0 heterocycles. The number of rotatable bonds is 34. The Morgan fingerprint density at radius 2 is 1.05 bits per heavy atom. The molecule has 0 aliphatic rings. The van der Waals surface area contributed by atoms with Gasteiger partial charge in [-0.25, -0.2) is 4.57 Å². The van der Waals surface area contributed by atoms with Crippen molar-refractivity contribution in [3.63, 3.8) is 0 Å². The van der Waals surface area contributed by atoms with Crippen LogP contribution in [0.3, 0.4) is 0 Å². The average Bonchev–Trinajstić information content (AvgIpc) is 2.95. The Kier molecular flexibility index (Phi) is 29.5. The van der Waals surface area contributed by atoms with Gasteiger partial charge in [0.15, 0.2) is 0 Å². The number of nitrogens with zero attached hydrogens (tertiary/aromatic N) is 1. The highest BCUT2D eigenvalue weighted by Crippen LogP contribution is 2.43. The number of quaternary nitrogens is 1. The van der Waals surface area contributed by atoms with Crippen LogP contribution in [0.1, 0.15) is 162 Å². The topological polar surface area (TPSA) is 91.3 Å². The largest absolute Gasteiger partial charge is 0.472 e. The zero-order chi connectivity index (χ0) is 32.8. The van der Waals surface area contributed by atoms with E-state index in [0.717, 1.165) is 12.8 Å². The molecule has 0 fully saturated rings. The monoisotopic (exact) mass is 651 g/mol. The summed E-state index contributed by atoms with van der Waals surface area (Å²) in [4.78, 5) is 22.0. The third-order valence-electron chi connectivity index (χ3n) is 7.89. The summed E-state index contributed by atoms with van der Waals surface area (Å²) in [6.07, 6.45) is 28.6. The minimum atomic E-state index is -4.23. The van der Waals surface area contributed by atoms with Crippen molar-refractivity contribution < 1.29 is 37.3 Å². The van der Waals surface area contributed by atoms with Gasteiger partial charge in [0.2, 0.25) is 0 Å². The number of ether oxygens (including phenoxy) is 2. The van der Waals surface area contributed by atoms with Crippen LogP contribution in [0.4, 0.5) is 0 Å². The Bertz CT molecular complexity index is 686. The van der Waals surface area contributed by atoms with Crippen LogP contribution < -0.4 is 0 Å². The maximum absolute atomic E-state index is 12.2. The summed E-state index contributed by atoms with van der Waals surface area (Å²) in [7, 11) is 1.67. The highest BCUT2D eigenvalue weighted by atomic mass is 31.2. The molecule has 0 aliphatic carbocycles. The van der Waals surface area contributed by atoms with Crippen molar-refractivity contribution in [1.29, 1.82) is 0 Å². The third-order valence-corrected chi connectivity index (χ3v) is 8.87. The van der Waals surface area contributed by atoms with Crippen molar-refractivity contribution in [3.05, 3.63) is 0 Å². The van der Waals surface area contributed by atoms with E-state index < -0.39 is 13.9 Å². The summed E-state index contributed by atoms with van der Waals surface area (Å²) in [5, 5.41) is 0. The number of hydrogen-bond donors (Lipinski definition) is 1. The van der Waals surface area contributed by atoms with Crippen molar-refractivity contribution in [2.45, 2.75) is 168 Å².